The molecule has 0 aliphatic carbocycles. The molecular formula is C34H51N3O8. The van der Waals surface area contributed by atoms with Crippen molar-refractivity contribution in [2.75, 3.05) is 13.1 Å². The van der Waals surface area contributed by atoms with Crippen LogP contribution < -0.4 is 0 Å². The Bertz CT molecular complexity index is 1340. The lowest BCUT2D eigenvalue weighted by Gasteiger charge is -2.35. The Morgan fingerprint density at radius 3 is 1.60 bits per heavy atom. The molecule has 1 heterocycles. The summed E-state index contributed by atoms with van der Waals surface area (Å²) in [5.41, 5.74) is -3.94. The first-order valence-electron chi connectivity index (χ1n) is 14.9. The molecule has 11 nitrogen and oxygen atoms in total. The smallest absolute Gasteiger partial charge is 0.422 e. The van der Waals surface area contributed by atoms with Gasteiger partial charge in [0, 0.05) is 18.0 Å². The fourth-order valence-corrected chi connectivity index (χ4v) is 3.67. The Labute approximate surface area is 269 Å². The number of carbonyl (C=O) groups is 5. The van der Waals surface area contributed by atoms with Gasteiger partial charge in [0.2, 0.25) is 0 Å². The Kier molecular flexibility index (Phi) is 12.1. The van der Waals surface area contributed by atoms with Crippen LogP contribution in [0.2, 0.25) is 0 Å². The van der Waals surface area contributed by atoms with E-state index in [1.807, 2.05) is 20.8 Å². The molecule has 0 radical (unpaired) electrons. The highest BCUT2D eigenvalue weighted by molar-refractivity contribution is 6.22. The van der Waals surface area contributed by atoms with Gasteiger partial charge in [-0.15, -0.1) is 0 Å². The lowest BCUT2D eigenvalue weighted by atomic mass is 10.1. The summed E-state index contributed by atoms with van der Waals surface area (Å²) in [6.45, 7) is 25.5. The van der Waals surface area contributed by atoms with Crippen molar-refractivity contribution in [3.8, 4) is 23.8 Å². The minimum Gasteiger partial charge on any atom is -0.459 e. The number of amides is 4. The van der Waals surface area contributed by atoms with Crippen molar-refractivity contribution in [2.24, 2.45) is 0 Å². The van der Waals surface area contributed by atoms with Gasteiger partial charge in [0.25, 0.3) is 11.8 Å². The predicted molar refractivity (Wildman–Crippen MR) is 170 cm³/mol. The standard InChI is InChI=1S/C34H51N3O8/c1-30(2,3)36(28(41)44-33(10,11)12)20-16-18-23-24(27(40)35(26(23)39)22-25(38)43-32(7,8)9)19-17-21-37(31(4,5)6)29(42)45-34(13,14)15/h18,21-22H2,1-15H3. The van der Waals surface area contributed by atoms with E-state index in [0.29, 0.717) is 0 Å². The minimum absolute atomic E-state index is 0.0406. The third kappa shape index (κ3) is 12.9. The van der Waals surface area contributed by atoms with Gasteiger partial charge in [-0.05, 0) is 104 Å². The van der Waals surface area contributed by atoms with Gasteiger partial charge < -0.3 is 14.2 Å². The lowest BCUT2D eigenvalue weighted by Crippen LogP contribution is -2.48. The molecule has 0 spiro atoms. The second kappa shape index (κ2) is 14.0. The van der Waals surface area contributed by atoms with Gasteiger partial charge in [-0.1, -0.05) is 17.8 Å². The zero-order valence-electron chi connectivity index (χ0n) is 29.7. The largest absolute Gasteiger partial charge is 0.459 e. The monoisotopic (exact) mass is 629 g/mol. The van der Waals surface area contributed by atoms with Crippen molar-refractivity contribution < 1.29 is 38.2 Å². The summed E-state index contributed by atoms with van der Waals surface area (Å²) < 4.78 is 16.3. The van der Waals surface area contributed by atoms with Gasteiger partial charge in [0.05, 0.1) is 23.2 Å². The van der Waals surface area contributed by atoms with Gasteiger partial charge in [-0.2, -0.15) is 0 Å². The third-order valence-corrected chi connectivity index (χ3v) is 5.55. The van der Waals surface area contributed by atoms with E-state index in [2.05, 4.69) is 23.8 Å². The first kappa shape index (κ1) is 39.0. The molecule has 0 saturated carbocycles. The van der Waals surface area contributed by atoms with E-state index >= 15 is 0 Å². The zero-order chi connectivity index (χ0) is 35.3. The number of rotatable bonds is 4. The molecule has 1 rings (SSSR count). The molecule has 0 aromatic heterocycles. The van der Waals surface area contributed by atoms with Crippen LogP contribution in [0.15, 0.2) is 11.1 Å². The molecule has 0 unspecified atom stereocenters. The van der Waals surface area contributed by atoms with Crippen LogP contribution in [0.4, 0.5) is 9.59 Å². The average molecular weight is 630 g/mol. The summed E-state index contributed by atoms with van der Waals surface area (Å²) in [4.78, 5) is 68.6. The normalized spacial score (nSPS) is 14.2. The van der Waals surface area contributed by atoms with Crippen LogP contribution in [-0.4, -0.2) is 85.6 Å². The van der Waals surface area contributed by atoms with Gasteiger partial charge in [0.15, 0.2) is 0 Å². The molecular weight excluding hydrogens is 578 g/mol. The number of ether oxygens (including phenoxy) is 3. The first-order chi connectivity index (χ1) is 20.0. The Hall–Kier alpha value is -3.99. The van der Waals surface area contributed by atoms with Crippen LogP contribution in [-0.2, 0) is 28.6 Å². The molecule has 1 aliphatic rings. The van der Waals surface area contributed by atoms with E-state index in [-0.39, 0.29) is 24.1 Å². The molecule has 4 amide bonds. The highest BCUT2D eigenvalue weighted by atomic mass is 16.6. The van der Waals surface area contributed by atoms with Crippen molar-refractivity contribution in [1.82, 2.24) is 14.7 Å². The van der Waals surface area contributed by atoms with Gasteiger partial charge >= 0.3 is 18.2 Å². The van der Waals surface area contributed by atoms with E-state index in [1.165, 1.54) is 9.80 Å². The second-order valence-electron chi connectivity index (χ2n) is 15.6. The predicted octanol–water partition coefficient (Wildman–Crippen LogP) is 5.42. The maximum Gasteiger partial charge on any atom is 0.422 e. The molecule has 0 bridgehead atoms. The van der Waals surface area contributed by atoms with Crippen LogP contribution in [0.25, 0.3) is 0 Å². The topological polar surface area (TPSA) is 123 Å². The number of hydrogen-bond acceptors (Lipinski definition) is 8. The third-order valence-electron chi connectivity index (χ3n) is 5.55. The van der Waals surface area contributed by atoms with E-state index in [9.17, 15) is 24.0 Å². The van der Waals surface area contributed by atoms with E-state index in [4.69, 9.17) is 14.2 Å². The summed E-state index contributed by atoms with van der Waals surface area (Å²) in [7, 11) is 0. The molecule has 1 aliphatic heterocycles. The van der Waals surface area contributed by atoms with Crippen molar-refractivity contribution in [3.05, 3.63) is 11.1 Å². The zero-order valence-corrected chi connectivity index (χ0v) is 29.7. The van der Waals surface area contributed by atoms with E-state index in [0.717, 1.165) is 4.90 Å². The minimum atomic E-state index is -0.830. The molecule has 45 heavy (non-hydrogen) atoms. The molecule has 0 aromatic rings. The highest BCUT2D eigenvalue weighted by Gasteiger charge is 2.39. The summed E-state index contributed by atoms with van der Waals surface area (Å²) in [6.07, 6.45) is -1.50. The average Bonchev–Trinajstić information content (AvgIpc) is 2.97. The second-order valence-corrected chi connectivity index (χ2v) is 15.6. The highest BCUT2D eigenvalue weighted by Crippen LogP contribution is 2.25. The molecule has 11 heteroatoms. The lowest BCUT2D eigenvalue weighted by molar-refractivity contribution is -0.160. The van der Waals surface area contributed by atoms with Crippen LogP contribution in [0.3, 0.4) is 0 Å². The van der Waals surface area contributed by atoms with Crippen molar-refractivity contribution in [2.45, 2.75) is 138 Å². The van der Waals surface area contributed by atoms with Crippen LogP contribution in [0.1, 0.15) is 110 Å². The maximum atomic E-state index is 13.5. The molecule has 0 aromatic carbocycles. The fraction of sp³-hybridized carbons (Fsp3) is 0.676. The van der Waals surface area contributed by atoms with Gasteiger partial charge in [-0.3, -0.25) is 24.2 Å². The Morgan fingerprint density at radius 2 is 1.16 bits per heavy atom. The fourth-order valence-electron chi connectivity index (χ4n) is 3.67. The molecule has 250 valence electrons. The Balaban J connectivity index is 3.56. The van der Waals surface area contributed by atoms with Gasteiger partial charge in [0.1, 0.15) is 23.3 Å². The van der Waals surface area contributed by atoms with Crippen molar-refractivity contribution >= 4 is 30.0 Å². The summed E-state index contributed by atoms with van der Waals surface area (Å²) in [6, 6.07) is 2.77. The Morgan fingerprint density at radius 1 is 0.667 bits per heavy atom. The summed E-state index contributed by atoms with van der Waals surface area (Å²) >= 11 is 0. The number of hydrogen-bond donors (Lipinski definition) is 0. The van der Waals surface area contributed by atoms with E-state index in [1.54, 1.807) is 83.1 Å². The van der Waals surface area contributed by atoms with Crippen molar-refractivity contribution in [1.29, 1.82) is 0 Å². The van der Waals surface area contributed by atoms with Crippen LogP contribution >= 0.6 is 0 Å². The number of carbonyl (C=O) groups excluding carboxylic acids is 5. The van der Waals surface area contributed by atoms with E-state index < -0.39 is 64.4 Å². The van der Waals surface area contributed by atoms with Crippen LogP contribution in [0, 0.1) is 23.8 Å². The SMILES string of the molecule is CC(C)(C)OC(=O)CN1C(=O)C(C#CCN(C(=O)OC(C)(C)C)C(C)(C)C)=C(CC#CN(C(=O)OC(C)(C)C)C(C)(C)C)C1=O. The number of imide groups is 1. The molecule has 0 fully saturated rings. The number of nitrogens with zero attached hydrogens (tertiary/aromatic N) is 3. The molecule has 0 atom stereocenters. The first-order valence-corrected chi connectivity index (χ1v) is 14.9. The maximum absolute atomic E-state index is 13.5. The van der Waals surface area contributed by atoms with Gasteiger partial charge in [-0.25, -0.2) is 14.5 Å². The quantitative estimate of drug-likeness (QED) is 0.133. The van der Waals surface area contributed by atoms with Crippen LogP contribution in [0.5, 0.6) is 0 Å². The summed E-state index contributed by atoms with van der Waals surface area (Å²) in [5.74, 6) is 6.09. The number of esters is 1. The molecule has 0 N–H and O–H groups in total. The molecule has 0 saturated heterocycles. The summed E-state index contributed by atoms with van der Waals surface area (Å²) in [5, 5.41) is 0. The van der Waals surface area contributed by atoms with Crippen molar-refractivity contribution in [3.63, 3.8) is 0 Å².